The summed E-state index contributed by atoms with van der Waals surface area (Å²) < 4.78 is 0. The zero-order valence-electron chi connectivity index (χ0n) is 10.7. The molecule has 2 aromatic rings. The van der Waals surface area contributed by atoms with Crippen LogP contribution in [0.1, 0.15) is 31.2 Å². The summed E-state index contributed by atoms with van der Waals surface area (Å²) in [6, 6.07) is 9.81. The van der Waals surface area contributed by atoms with Gasteiger partial charge in [0.1, 0.15) is 0 Å². The Hall–Kier alpha value is -1.32. The van der Waals surface area contributed by atoms with E-state index in [1.54, 1.807) is 0 Å². The van der Waals surface area contributed by atoms with Crippen molar-refractivity contribution in [1.29, 1.82) is 0 Å². The number of hydrogen-bond donors (Lipinski definition) is 3. The number of aromatic amines is 1. The van der Waals surface area contributed by atoms with Crippen LogP contribution in [0.3, 0.4) is 0 Å². The summed E-state index contributed by atoms with van der Waals surface area (Å²) in [6.45, 7) is 0.959. The quantitative estimate of drug-likeness (QED) is 0.776. The van der Waals surface area contributed by atoms with Gasteiger partial charge in [-0.15, -0.1) is 0 Å². The molecule has 0 spiro atoms. The van der Waals surface area contributed by atoms with Gasteiger partial charge >= 0.3 is 0 Å². The van der Waals surface area contributed by atoms with Gasteiger partial charge in [0, 0.05) is 30.3 Å². The molecule has 0 saturated heterocycles. The zero-order chi connectivity index (χ0) is 12.4. The fourth-order valence-corrected chi connectivity index (χ4v) is 2.80. The summed E-state index contributed by atoms with van der Waals surface area (Å²) >= 11 is 0. The summed E-state index contributed by atoms with van der Waals surface area (Å²) in [5.41, 5.74) is 8.49. The highest BCUT2D eigenvalue weighted by molar-refractivity contribution is 5.79. The summed E-state index contributed by atoms with van der Waals surface area (Å²) in [5.74, 6) is 0. The standard InChI is InChI=1S/C15H21N3/c16-13-2-4-14(5-3-13)18-10-11-1-6-15-12(9-11)7-8-17-15/h1,6-9,13-14,17-18H,2-5,10,16H2. The Morgan fingerprint density at radius 2 is 2.00 bits per heavy atom. The van der Waals surface area contributed by atoms with Crippen molar-refractivity contribution in [2.75, 3.05) is 0 Å². The van der Waals surface area contributed by atoms with Crippen molar-refractivity contribution in [1.82, 2.24) is 10.3 Å². The molecule has 0 unspecified atom stereocenters. The minimum absolute atomic E-state index is 0.430. The maximum atomic E-state index is 5.92. The molecule has 1 aliphatic carbocycles. The molecule has 1 heterocycles. The predicted molar refractivity (Wildman–Crippen MR) is 75.4 cm³/mol. The monoisotopic (exact) mass is 243 g/mol. The van der Waals surface area contributed by atoms with Gasteiger partial charge in [0.25, 0.3) is 0 Å². The Balaban J connectivity index is 1.59. The van der Waals surface area contributed by atoms with E-state index in [4.69, 9.17) is 5.73 Å². The Kier molecular flexibility index (Phi) is 3.35. The van der Waals surface area contributed by atoms with Gasteiger partial charge in [-0.1, -0.05) is 6.07 Å². The molecular weight excluding hydrogens is 222 g/mol. The first-order valence-corrected chi connectivity index (χ1v) is 6.86. The predicted octanol–water partition coefficient (Wildman–Crippen LogP) is 2.53. The number of hydrogen-bond acceptors (Lipinski definition) is 2. The molecule has 3 nitrogen and oxygen atoms in total. The van der Waals surface area contributed by atoms with Crippen LogP contribution in [0.25, 0.3) is 10.9 Å². The Morgan fingerprint density at radius 3 is 2.83 bits per heavy atom. The van der Waals surface area contributed by atoms with Crippen LogP contribution in [0.15, 0.2) is 30.5 Å². The van der Waals surface area contributed by atoms with Crippen LogP contribution in [0, 0.1) is 0 Å². The molecule has 0 amide bonds. The first-order valence-electron chi connectivity index (χ1n) is 6.86. The van der Waals surface area contributed by atoms with Crippen LogP contribution in [0.2, 0.25) is 0 Å². The second kappa shape index (κ2) is 5.12. The molecule has 1 aromatic carbocycles. The number of nitrogens with two attached hydrogens (primary N) is 1. The molecule has 3 heteroatoms. The number of H-pyrrole nitrogens is 1. The molecule has 1 aliphatic rings. The molecule has 4 N–H and O–H groups in total. The second-order valence-electron chi connectivity index (χ2n) is 5.39. The lowest BCUT2D eigenvalue weighted by atomic mass is 9.92. The zero-order valence-corrected chi connectivity index (χ0v) is 10.7. The van der Waals surface area contributed by atoms with E-state index >= 15 is 0 Å². The van der Waals surface area contributed by atoms with E-state index in [1.807, 2.05) is 6.20 Å². The van der Waals surface area contributed by atoms with Gasteiger partial charge in [0.2, 0.25) is 0 Å². The van der Waals surface area contributed by atoms with Gasteiger partial charge in [0.05, 0.1) is 0 Å². The number of fused-ring (bicyclic) bond motifs is 1. The number of nitrogens with one attached hydrogen (secondary N) is 2. The van der Waals surface area contributed by atoms with E-state index in [9.17, 15) is 0 Å². The van der Waals surface area contributed by atoms with Gasteiger partial charge in [-0.25, -0.2) is 0 Å². The third-order valence-corrected chi connectivity index (χ3v) is 3.98. The van der Waals surface area contributed by atoms with Gasteiger partial charge in [-0.3, -0.25) is 0 Å². The molecule has 18 heavy (non-hydrogen) atoms. The summed E-state index contributed by atoms with van der Waals surface area (Å²) in [6.07, 6.45) is 6.74. The lowest BCUT2D eigenvalue weighted by molar-refractivity contribution is 0.342. The van der Waals surface area contributed by atoms with E-state index in [1.165, 1.54) is 29.3 Å². The van der Waals surface area contributed by atoms with Crippen LogP contribution >= 0.6 is 0 Å². The minimum Gasteiger partial charge on any atom is -0.361 e. The Labute approximate surface area is 108 Å². The smallest absolute Gasteiger partial charge is 0.0454 e. The summed E-state index contributed by atoms with van der Waals surface area (Å²) in [4.78, 5) is 3.22. The molecule has 1 saturated carbocycles. The molecule has 0 bridgehead atoms. The molecule has 1 fully saturated rings. The van der Waals surface area contributed by atoms with E-state index in [-0.39, 0.29) is 0 Å². The first kappa shape index (κ1) is 11.8. The lowest BCUT2D eigenvalue weighted by Gasteiger charge is -2.27. The third kappa shape index (κ3) is 2.57. The Morgan fingerprint density at radius 1 is 1.17 bits per heavy atom. The van der Waals surface area contributed by atoms with E-state index in [0.29, 0.717) is 12.1 Å². The molecule has 0 radical (unpaired) electrons. The number of rotatable bonds is 3. The average Bonchev–Trinajstić information content (AvgIpc) is 2.85. The molecule has 0 aliphatic heterocycles. The number of aromatic nitrogens is 1. The summed E-state index contributed by atoms with van der Waals surface area (Å²) in [5, 5.41) is 4.94. The van der Waals surface area contributed by atoms with Crippen molar-refractivity contribution in [2.24, 2.45) is 5.73 Å². The van der Waals surface area contributed by atoms with Gasteiger partial charge < -0.3 is 16.0 Å². The van der Waals surface area contributed by atoms with Crippen molar-refractivity contribution in [3.8, 4) is 0 Å². The highest BCUT2D eigenvalue weighted by atomic mass is 14.9. The third-order valence-electron chi connectivity index (χ3n) is 3.98. The fourth-order valence-electron chi connectivity index (χ4n) is 2.80. The second-order valence-corrected chi connectivity index (χ2v) is 5.39. The van der Waals surface area contributed by atoms with E-state index in [2.05, 4.69) is 34.6 Å². The molecular formula is C15H21N3. The normalized spacial score (nSPS) is 24.5. The van der Waals surface area contributed by atoms with Crippen molar-refractivity contribution in [3.63, 3.8) is 0 Å². The molecule has 96 valence electrons. The maximum absolute atomic E-state index is 5.92. The van der Waals surface area contributed by atoms with Crippen LogP contribution in [-0.2, 0) is 6.54 Å². The van der Waals surface area contributed by atoms with Crippen LogP contribution in [0.5, 0.6) is 0 Å². The topological polar surface area (TPSA) is 53.8 Å². The molecule has 0 atom stereocenters. The van der Waals surface area contributed by atoms with Gasteiger partial charge in [0.15, 0.2) is 0 Å². The SMILES string of the molecule is NC1CCC(NCc2ccc3[nH]ccc3c2)CC1. The van der Waals surface area contributed by atoms with Crippen molar-refractivity contribution >= 4 is 10.9 Å². The maximum Gasteiger partial charge on any atom is 0.0454 e. The lowest BCUT2D eigenvalue weighted by Crippen LogP contribution is -2.36. The van der Waals surface area contributed by atoms with Crippen LogP contribution in [-0.4, -0.2) is 17.1 Å². The van der Waals surface area contributed by atoms with E-state index < -0.39 is 0 Å². The highest BCUT2D eigenvalue weighted by Gasteiger charge is 2.17. The minimum atomic E-state index is 0.430. The average molecular weight is 243 g/mol. The number of benzene rings is 1. The Bertz CT molecular complexity index is 509. The van der Waals surface area contributed by atoms with Crippen LogP contribution < -0.4 is 11.1 Å². The van der Waals surface area contributed by atoms with Crippen molar-refractivity contribution < 1.29 is 0 Å². The fraction of sp³-hybridized carbons (Fsp3) is 0.467. The largest absolute Gasteiger partial charge is 0.361 e. The van der Waals surface area contributed by atoms with E-state index in [0.717, 1.165) is 19.4 Å². The summed E-state index contributed by atoms with van der Waals surface area (Å²) in [7, 11) is 0. The van der Waals surface area contributed by atoms with Gasteiger partial charge in [-0.05, 0) is 54.8 Å². The van der Waals surface area contributed by atoms with Crippen molar-refractivity contribution in [2.45, 2.75) is 44.3 Å². The molecule has 3 rings (SSSR count). The first-order chi connectivity index (χ1) is 8.81. The van der Waals surface area contributed by atoms with Gasteiger partial charge in [-0.2, -0.15) is 0 Å². The molecule has 1 aromatic heterocycles. The highest BCUT2D eigenvalue weighted by Crippen LogP contribution is 2.18. The van der Waals surface area contributed by atoms with Crippen molar-refractivity contribution in [3.05, 3.63) is 36.0 Å². The van der Waals surface area contributed by atoms with Crippen LogP contribution in [0.4, 0.5) is 0 Å².